The molecular formula is C16H25N3O6S. The van der Waals surface area contributed by atoms with E-state index in [-0.39, 0.29) is 24.0 Å². The maximum absolute atomic E-state index is 12.5. The van der Waals surface area contributed by atoms with Crippen LogP contribution < -0.4 is 10.9 Å². The van der Waals surface area contributed by atoms with Gasteiger partial charge in [0.05, 0.1) is 4.90 Å². The number of pyridine rings is 1. The van der Waals surface area contributed by atoms with Crippen LogP contribution in [0.1, 0.15) is 27.7 Å². The second-order valence-electron chi connectivity index (χ2n) is 5.80. The van der Waals surface area contributed by atoms with E-state index < -0.39 is 40.6 Å². The van der Waals surface area contributed by atoms with Crippen LogP contribution in [0.5, 0.6) is 0 Å². The molecule has 0 atom stereocenters. The Hall–Kier alpha value is -2.20. The summed E-state index contributed by atoms with van der Waals surface area (Å²) in [6.45, 7) is 6.55. The van der Waals surface area contributed by atoms with Crippen LogP contribution in [0, 0.1) is 0 Å². The average Bonchev–Trinajstić information content (AvgIpc) is 2.55. The van der Waals surface area contributed by atoms with Crippen molar-refractivity contribution < 1.29 is 22.7 Å². The fraction of sp³-hybridized carbons (Fsp3) is 0.562. The standard InChI is InChI=1S/C16H25N3O6S/c1-5-19(6-2)26(23,24)13-7-8-15(21)18(9-13)10-16(22)25-11-14(20)17-12(3)4/h7-9,12H,5-6,10-11H2,1-4H3,(H,17,20). The smallest absolute Gasteiger partial charge is 0.326 e. The number of hydrogen-bond donors (Lipinski definition) is 1. The molecule has 146 valence electrons. The number of sulfonamides is 1. The second kappa shape index (κ2) is 9.48. The first kappa shape index (κ1) is 21.8. The molecule has 0 aromatic carbocycles. The fourth-order valence-corrected chi connectivity index (χ4v) is 3.67. The summed E-state index contributed by atoms with van der Waals surface area (Å²) in [7, 11) is -3.76. The van der Waals surface area contributed by atoms with Gasteiger partial charge in [-0.2, -0.15) is 4.31 Å². The Morgan fingerprint density at radius 3 is 2.38 bits per heavy atom. The van der Waals surface area contributed by atoms with Gasteiger partial charge in [-0.3, -0.25) is 14.4 Å². The van der Waals surface area contributed by atoms with Gasteiger partial charge in [0, 0.05) is 31.4 Å². The number of aromatic nitrogens is 1. The van der Waals surface area contributed by atoms with E-state index in [1.165, 1.54) is 10.4 Å². The van der Waals surface area contributed by atoms with E-state index >= 15 is 0 Å². The molecule has 1 N–H and O–H groups in total. The number of rotatable bonds is 9. The Labute approximate surface area is 153 Å². The summed E-state index contributed by atoms with van der Waals surface area (Å²) in [6, 6.07) is 2.19. The minimum Gasteiger partial charge on any atom is -0.454 e. The van der Waals surface area contributed by atoms with Gasteiger partial charge in [-0.15, -0.1) is 0 Å². The van der Waals surface area contributed by atoms with Gasteiger partial charge in [0.2, 0.25) is 10.0 Å². The van der Waals surface area contributed by atoms with Crippen LogP contribution in [0.3, 0.4) is 0 Å². The molecule has 0 saturated carbocycles. The predicted molar refractivity (Wildman–Crippen MR) is 95.0 cm³/mol. The van der Waals surface area contributed by atoms with E-state index in [1.807, 2.05) is 0 Å². The number of esters is 1. The molecule has 1 aromatic heterocycles. The zero-order valence-electron chi connectivity index (χ0n) is 15.4. The summed E-state index contributed by atoms with van der Waals surface area (Å²) in [4.78, 5) is 35.1. The monoisotopic (exact) mass is 387 g/mol. The van der Waals surface area contributed by atoms with E-state index in [0.717, 1.165) is 16.8 Å². The Bertz CT molecular complexity index is 796. The first-order valence-corrected chi connectivity index (χ1v) is 9.71. The summed E-state index contributed by atoms with van der Waals surface area (Å²) in [6.07, 6.45) is 1.10. The Morgan fingerprint density at radius 1 is 1.23 bits per heavy atom. The normalized spacial score (nSPS) is 11.6. The summed E-state index contributed by atoms with van der Waals surface area (Å²) < 4.78 is 32.0. The fourth-order valence-electron chi connectivity index (χ4n) is 2.19. The lowest BCUT2D eigenvalue weighted by molar-refractivity contribution is -0.149. The minimum atomic E-state index is -3.76. The van der Waals surface area contributed by atoms with Crippen molar-refractivity contribution in [2.75, 3.05) is 19.7 Å². The Balaban J connectivity index is 2.90. The van der Waals surface area contributed by atoms with Gasteiger partial charge in [0.25, 0.3) is 11.5 Å². The van der Waals surface area contributed by atoms with Gasteiger partial charge in [-0.05, 0) is 19.9 Å². The molecule has 1 aromatic rings. The molecule has 0 saturated heterocycles. The van der Waals surface area contributed by atoms with Gasteiger partial charge < -0.3 is 14.6 Å². The van der Waals surface area contributed by atoms with Crippen molar-refractivity contribution in [3.63, 3.8) is 0 Å². The molecule has 1 rings (SSSR count). The number of ether oxygens (including phenoxy) is 1. The first-order valence-electron chi connectivity index (χ1n) is 8.27. The topological polar surface area (TPSA) is 115 Å². The number of carbonyl (C=O) groups is 2. The number of nitrogens with zero attached hydrogens (tertiary/aromatic N) is 2. The third kappa shape index (κ3) is 5.95. The largest absolute Gasteiger partial charge is 0.454 e. The molecule has 26 heavy (non-hydrogen) atoms. The molecule has 1 heterocycles. The van der Waals surface area contributed by atoms with Crippen LogP contribution in [0.15, 0.2) is 28.0 Å². The predicted octanol–water partition coefficient (Wildman–Crippen LogP) is -0.0534. The Kier molecular flexibility index (Phi) is 7.97. The van der Waals surface area contributed by atoms with Crippen LogP contribution in [-0.4, -0.2) is 54.9 Å². The van der Waals surface area contributed by atoms with Crippen molar-refractivity contribution in [1.29, 1.82) is 0 Å². The molecule has 0 aliphatic rings. The zero-order chi connectivity index (χ0) is 19.9. The van der Waals surface area contributed by atoms with Crippen LogP contribution in [0.4, 0.5) is 0 Å². The maximum atomic E-state index is 12.5. The third-order valence-corrected chi connectivity index (χ3v) is 5.45. The molecule has 10 heteroatoms. The lowest BCUT2D eigenvalue weighted by Crippen LogP contribution is -2.35. The molecule has 0 spiro atoms. The molecule has 0 aliphatic carbocycles. The van der Waals surface area contributed by atoms with Crippen molar-refractivity contribution in [2.24, 2.45) is 0 Å². The molecule has 0 radical (unpaired) electrons. The molecule has 0 fully saturated rings. The average molecular weight is 387 g/mol. The van der Waals surface area contributed by atoms with Gasteiger partial charge in [0.15, 0.2) is 6.61 Å². The Morgan fingerprint density at radius 2 is 1.85 bits per heavy atom. The van der Waals surface area contributed by atoms with Crippen LogP contribution >= 0.6 is 0 Å². The summed E-state index contributed by atoms with van der Waals surface area (Å²) >= 11 is 0. The highest BCUT2D eigenvalue weighted by atomic mass is 32.2. The zero-order valence-corrected chi connectivity index (χ0v) is 16.2. The number of amides is 1. The molecule has 0 unspecified atom stereocenters. The van der Waals surface area contributed by atoms with Crippen LogP contribution in [0.25, 0.3) is 0 Å². The molecule has 0 bridgehead atoms. The molecular weight excluding hydrogens is 362 g/mol. The van der Waals surface area contributed by atoms with E-state index in [4.69, 9.17) is 4.74 Å². The number of hydrogen-bond acceptors (Lipinski definition) is 6. The van der Waals surface area contributed by atoms with E-state index in [1.54, 1.807) is 27.7 Å². The summed E-state index contributed by atoms with van der Waals surface area (Å²) in [5.74, 6) is -1.28. The lowest BCUT2D eigenvalue weighted by atomic mass is 10.4. The highest BCUT2D eigenvalue weighted by molar-refractivity contribution is 7.89. The number of carbonyl (C=O) groups excluding carboxylic acids is 2. The highest BCUT2D eigenvalue weighted by Crippen LogP contribution is 2.13. The third-order valence-electron chi connectivity index (χ3n) is 3.41. The van der Waals surface area contributed by atoms with Crippen LogP contribution in [-0.2, 0) is 30.9 Å². The highest BCUT2D eigenvalue weighted by Gasteiger charge is 2.22. The summed E-state index contributed by atoms with van der Waals surface area (Å²) in [5, 5.41) is 2.56. The lowest BCUT2D eigenvalue weighted by Gasteiger charge is -2.18. The van der Waals surface area contributed by atoms with Crippen LogP contribution in [0.2, 0.25) is 0 Å². The summed E-state index contributed by atoms with van der Waals surface area (Å²) in [5.41, 5.74) is -0.549. The molecule has 0 aliphatic heterocycles. The SMILES string of the molecule is CCN(CC)S(=O)(=O)c1ccc(=O)n(CC(=O)OCC(=O)NC(C)C)c1. The first-order chi connectivity index (χ1) is 12.1. The molecule has 9 nitrogen and oxygen atoms in total. The second-order valence-corrected chi connectivity index (χ2v) is 7.74. The molecule has 1 amide bonds. The maximum Gasteiger partial charge on any atom is 0.326 e. The number of nitrogens with one attached hydrogen (secondary N) is 1. The van der Waals surface area contributed by atoms with Gasteiger partial charge in [0.1, 0.15) is 6.54 Å². The van der Waals surface area contributed by atoms with Crippen molar-refractivity contribution in [1.82, 2.24) is 14.2 Å². The van der Waals surface area contributed by atoms with Crippen molar-refractivity contribution in [3.05, 3.63) is 28.7 Å². The van der Waals surface area contributed by atoms with Crippen molar-refractivity contribution in [2.45, 2.75) is 45.2 Å². The van der Waals surface area contributed by atoms with E-state index in [0.29, 0.717) is 0 Å². The van der Waals surface area contributed by atoms with E-state index in [9.17, 15) is 22.8 Å². The quantitative estimate of drug-likeness (QED) is 0.594. The van der Waals surface area contributed by atoms with Gasteiger partial charge >= 0.3 is 5.97 Å². The van der Waals surface area contributed by atoms with E-state index in [2.05, 4.69) is 5.32 Å². The van der Waals surface area contributed by atoms with Crippen molar-refractivity contribution in [3.8, 4) is 0 Å². The van der Waals surface area contributed by atoms with Gasteiger partial charge in [-0.1, -0.05) is 13.8 Å². The minimum absolute atomic E-state index is 0.0915. The van der Waals surface area contributed by atoms with Crippen molar-refractivity contribution >= 4 is 21.9 Å². The van der Waals surface area contributed by atoms with Gasteiger partial charge in [-0.25, -0.2) is 8.42 Å².